The van der Waals surface area contributed by atoms with Crippen molar-refractivity contribution in [3.63, 3.8) is 0 Å². The number of nitrogens with two attached hydrogens (primary N) is 1. The number of aliphatic hydroxyl groups is 1. The Morgan fingerprint density at radius 2 is 1.85 bits per heavy atom. The van der Waals surface area contributed by atoms with E-state index in [4.69, 9.17) is 10.8 Å². The lowest BCUT2D eigenvalue weighted by molar-refractivity contribution is 0.110. The maximum Gasteiger partial charge on any atom is 0.0599 e. The monoisotopic (exact) mass is 188 g/mol. The first kappa shape index (κ1) is 12.9. The normalized spacial score (nSPS) is 16.6. The van der Waals surface area contributed by atoms with Crippen LogP contribution in [0.3, 0.4) is 0 Å². The van der Waals surface area contributed by atoms with Gasteiger partial charge in [-0.15, -0.1) is 0 Å². The number of hydrogen-bond donors (Lipinski definition) is 2. The molecule has 0 aromatic rings. The van der Waals surface area contributed by atoms with Gasteiger partial charge < -0.3 is 10.8 Å². The van der Waals surface area contributed by atoms with Crippen LogP contribution < -0.4 is 5.73 Å². The smallest absolute Gasteiger partial charge is 0.0599 e. The van der Waals surface area contributed by atoms with E-state index in [1.54, 1.807) is 0 Å². The third-order valence-electron chi connectivity index (χ3n) is 2.57. The van der Waals surface area contributed by atoms with Crippen LogP contribution in [0.2, 0.25) is 0 Å². The molecule has 0 radical (unpaired) electrons. The van der Waals surface area contributed by atoms with Crippen LogP contribution >= 0.6 is 0 Å². The summed E-state index contributed by atoms with van der Waals surface area (Å²) in [6.45, 7) is 7.27. The average Bonchev–Trinajstić information content (AvgIpc) is 2.05. The summed E-state index contributed by atoms with van der Waals surface area (Å²) in [5.74, 6) is 0.689. The van der Waals surface area contributed by atoms with E-state index in [0.717, 1.165) is 6.42 Å². The van der Waals surface area contributed by atoms with Gasteiger partial charge in [-0.25, -0.2) is 0 Å². The van der Waals surface area contributed by atoms with Crippen molar-refractivity contribution >= 4 is 0 Å². The molecule has 3 nitrogen and oxygen atoms in total. The molecule has 0 amide bonds. The maximum atomic E-state index is 9.06. The molecule has 0 aliphatic rings. The van der Waals surface area contributed by atoms with E-state index in [1.165, 1.54) is 0 Å². The van der Waals surface area contributed by atoms with E-state index in [9.17, 15) is 0 Å². The minimum Gasteiger partial charge on any atom is -0.395 e. The lowest BCUT2D eigenvalue weighted by atomic mass is 10.0. The van der Waals surface area contributed by atoms with Gasteiger partial charge in [0, 0.05) is 18.6 Å². The lowest BCUT2D eigenvalue weighted by Crippen LogP contribution is -2.45. The fourth-order valence-electron chi connectivity index (χ4n) is 1.58. The van der Waals surface area contributed by atoms with Gasteiger partial charge in [-0.1, -0.05) is 13.8 Å². The summed E-state index contributed by atoms with van der Waals surface area (Å²) in [5.41, 5.74) is 5.55. The Balaban J connectivity index is 3.98. The van der Waals surface area contributed by atoms with Crippen molar-refractivity contribution in [2.24, 2.45) is 11.7 Å². The number of aliphatic hydroxyl groups excluding tert-OH is 1. The van der Waals surface area contributed by atoms with Crippen molar-refractivity contribution in [2.75, 3.05) is 20.2 Å². The second-order valence-electron chi connectivity index (χ2n) is 4.22. The zero-order chi connectivity index (χ0) is 10.4. The Hall–Kier alpha value is -0.120. The first-order valence-corrected chi connectivity index (χ1v) is 5.05. The van der Waals surface area contributed by atoms with Crippen LogP contribution in [0, 0.1) is 5.92 Å². The molecule has 0 aromatic carbocycles. The first-order valence-electron chi connectivity index (χ1n) is 5.05. The summed E-state index contributed by atoms with van der Waals surface area (Å²) in [7, 11) is 2.03. The zero-order valence-electron chi connectivity index (χ0n) is 9.33. The van der Waals surface area contributed by atoms with E-state index in [-0.39, 0.29) is 12.6 Å². The van der Waals surface area contributed by atoms with Crippen molar-refractivity contribution < 1.29 is 5.11 Å². The summed E-state index contributed by atoms with van der Waals surface area (Å²) in [6.07, 6.45) is 1.15. The van der Waals surface area contributed by atoms with Gasteiger partial charge in [0.25, 0.3) is 0 Å². The number of hydrogen-bond acceptors (Lipinski definition) is 3. The molecule has 80 valence electrons. The molecule has 2 unspecified atom stereocenters. The molecule has 0 saturated carbocycles. The highest BCUT2D eigenvalue weighted by molar-refractivity contribution is 4.74. The summed E-state index contributed by atoms with van der Waals surface area (Å²) < 4.78 is 0. The molecular weight excluding hydrogens is 164 g/mol. The lowest BCUT2D eigenvalue weighted by Gasteiger charge is -2.32. The standard InChI is InChI=1S/C10H24N2O/c1-8(2)5-9(3)12(4)10(6-11)7-13/h8-10,13H,5-7,11H2,1-4H3. The maximum absolute atomic E-state index is 9.06. The second kappa shape index (κ2) is 6.35. The summed E-state index contributed by atoms with van der Waals surface area (Å²) in [4.78, 5) is 2.17. The van der Waals surface area contributed by atoms with Crippen molar-refractivity contribution in [3.8, 4) is 0 Å². The highest BCUT2D eigenvalue weighted by atomic mass is 16.3. The molecule has 0 saturated heterocycles. The highest BCUT2D eigenvalue weighted by Crippen LogP contribution is 2.11. The fraction of sp³-hybridized carbons (Fsp3) is 1.00. The van der Waals surface area contributed by atoms with Gasteiger partial charge in [0.2, 0.25) is 0 Å². The van der Waals surface area contributed by atoms with Gasteiger partial charge in [0.1, 0.15) is 0 Å². The minimum atomic E-state index is 0.105. The third-order valence-corrected chi connectivity index (χ3v) is 2.57. The summed E-state index contributed by atoms with van der Waals surface area (Å²) >= 11 is 0. The van der Waals surface area contributed by atoms with E-state index in [0.29, 0.717) is 18.5 Å². The Bertz CT molecular complexity index is 124. The first-order chi connectivity index (χ1) is 6.02. The van der Waals surface area contributed by atoms with Crippen LogP contribution in [0.15, 0.2) is 0 Å². The number of rotatable bonds is 6. The molecule has 0 aromatic heterocycles. The van der Waals surface area contributed by atoms with Crippen LogP contribution in [0.25, 0.3) is 0 Å². The Labute approximate surface area is 81.9 Å². The quantitative estimate of drug-likeness (QED) is 0.644. The molecule has 13 heavy (non-hydrogen) atoms. The Morgan fingerprint density at radius 3 is 2.15 bits per heavy atom. The molecule has 0 rings (SSSR count). The predicted octanol–water partition coefficient (Wildman–Crippen LogP) is 0.672. The van der Waals surface area contributed by atoms with Crippen LogP contribution in [0.5, 0.6) is 0 Å². The molecule has 0 aliphatic carbocycles. The van der Waals surface area contributed by atoms with Crippen LogP contribution in [0.1, 0.15) is 27.2 Å². The molecule has 0 bridgehead atoms. The van der Waals surface area contributed by atoms with Crippen molar-refractivity contribution in [2.45, 2.75) is 39.3 Å². The number of nitrogens with zero attached hydrogens (tertiary/aromatic N) is 1. The molecule has 2 atom stereocenters. The molecule has 0 heterocycles. The average molecular weight is 188 g/mol. The van der Waals surface area contributed by atoms with E-state index in [1.807, 2.05) is 7.05 Å². The molecule has 0 spiro atoms. The van der Waals surface area contributed by atoms with Gasteiger partial charge >= 0.3 is 0 Å². The van der Waals surface area contributed by atoms with Gasteiger partial charge in [-0.2, -0.15) is 0 Å². The molecule has 3 heteroatoms. The second-order valence-corrected chi connectivity index (χ2v) is 4.22. The molecule has 0 fully saturated rings. The van der Waals surface area contributed by atoms with Crippen molar-refractivity contribution in [3.05, 3.63) is 0 Å². The van der Waals surface area contributed by atoms with Gasteiger partial charge in [-0.3, -0.25) is 4.90 Å². The van der Waals surface area contributed by atoms with Crippen LogP contribution in [0.4, 0.5) is 0 Å². The zero-order valence-corrected chi connectivity index (χ0v) is 9.33. The Kier molecular flexibility index (Phi) is 6.29. The minimum absolute atomic E-state index is 0.105. The van der Waals surface area contributed by atoms with Crippen LogP contribution in [-0.4, -0.2) is 42.3 Å². The predicted molar refractivity (Wildman–Crippen MR) is 56.6 cm³/mol. The topological polar surface area (TPSA) is 49.5 Å². The van der Waals surface area contributed by atoms with E-state index < -0.39 is 0 Å². The molecule has 3 N–H and O–H groups in total. The van der Waals surface area contributed by atoms with Gasteiger partial charge in [0.15, 0.2) is 0 Å². The molecular formula is C10H24N2O. The number of likely N-dealkylation sites (N-methyl/N-ethyl adjacent to an activating group) is 1. The summed E-state index contributed by atoms with van der Waals surface area (Å²) in [6, 6.07) is 0.592. The largest absolute Gasteiger partial charge is 0.395 e. The highest BCUT2D eigenvalue weighted by Gasteiger charge is 2.18. The fourth-order valence-corrected chi connectivity index (χ4v) is 1.58. The SMILES string of the molecule is CC(C)CC(C)N(C)C(CN)CO. The Morgan fingerprint density at radius 1 is 1.31 bits per heavy atom. The van der Waals surface area contributed by atoms with E-state index >= 15 is 0 Å². The van der Waals surface area contributed by atoms with Gasteiger partial charge in [-0.05, 0) is 26.3 Å². The van der Waals surface area contributed by atoms with Gasteiger partial charge in [0.05, 0.1) is 6.61 Å². The summed E-state index contributed by atoms with van der Waals surface area (Å²) in [5, 5.41) is 9.06. The van der Waals surface area contributed by atoms with Crippen LogP contribution in [-0.2, 0) is 0 Å². The molecule has 0 aliphatic heterocycles. The third kappa shape index (κ3) is 4.60. The van der Waals surface area contributed by atoms with Crippen molar-refractivity contribution in [1.29, 1.82) is 0 Å². The van der Waals surface area contributed by atoms with Crippen molar-refractivity contribution in [1.82, 2.24) is 4.90 Å². The van der Waals surface area contributed by atoms with E-state index in [2.05, 4.69) is 25.7 Å².